The summed E-state index contributed by atoms with van der Waals surface area (Å²) in [6, 6.07) is 3.10. The fourth-order valence-corrected chi connectivity index (χ4v) is 2.75. The van der Waals surface area contributed by atoms with Gasteiger partial charge in [0.25, 0.3) is 0 Å². The third-order valence-electron chi connectivity index (χ3n) is 3.63. The zero-order chi connectivity index (χ0) is 14.9. The van der Waals surface area contributed by atoms with Gasteiger partial charge in [-0.2, -0.15) is 0 Å². The first-order chi connectivity index (χ1) is 9.47. The van der Waals surface area contributed by atoms with E-state index in [2.05, 4.69) is 0 Å². The molecule has 2 rings (SSSR count). The number of fused-ring (bicyclic) bond motifs is 1. The molecule has 0 spiro atoms. The third kappa shape index (κ3) is 2.48. The van der Waals surface area contributed by atoms with E-state index in [0.29, 0.717) is 17.9 Å². The second-order valence-electron chi connectivity index (χ2n) is 5.23. The van der Waals surface area contributed by atoms with Crippen LogP contribution in [0, 0.1) is 10.1 Å². The normalized spacial score (nSPS) is 20.2. The summed E-state index contributed by atoms with van der Waals surface area (Å²) in [7, 11) is 3.14. The van der Waals surface area contributed by atoms with Crippen LogP contribution in [0.15, 0.2) is 23.8 Å². The number of rotatable bonds is 4. The second kappa shape index (κ2) is 5.53. The van der Waals surface area contributed by atoms with Gasteiger partial charge < -0.3 is 9.47 Å². The van der Waals surface area contributed by atoms with Gasteiger partial charge in [-0.25, -0.2) is 0 Å². The second-order valence-corrected chi connectivity index (χ2v) is 5.23. The summed E-state index contributed by atoms with van der Waals surface area (Å²) in [5.41, 5.74) is 3.00. The number of nitro groups is 1. The molecule has 20 heavy (non-hydrogen) atoms. The van der Waals surface area contributed by atoms with Gasteiger partial charge in [-0.1, -0.05) is 11.6 Å². The molecule has 108 valence electrons. The molecule has 5 nitrogen and oxygen atoms in total. The minimum atomic E-state index is -0.614. The Kier molecular flexibility index (Phi) is 3.97. The minimum absolute atomic E-state index is 0.191. The van der Waals surface area contributed by atoms with Crippen LogP contribution in [-0.2, 0) is 6.42 Å². The summed E-state index contributed by atoms with van der Waals surface area (Å²) in [6.07, 6.45) is 2.39. The molecule has 0 N–H and O–H groups in total. The van der Waals surface area contributed by atoms with Crippen molar-refractivity contribution in [1.29, 1.82) is 0 Å². The molecular formula is C15H19NO4. The average molecular weight is 277 g/mol. The van der Waals surface area contributed by atoms with E-state index >= 15 is 0 Å². The van der Waals surface area contributed by atoms with E-state index in [9.17, 15) is 10.1 Å². The van der Waals surface area contributed by atoms with Crippen LogP contribution in [0.4, 0.5) is 0 Å². The van der Waals surface area contributed by atoms with Crippen molar-refractivity contribution in [3.8, 4) is 11.5 Å². The summed E-state index contributed by atoms with van der Waals surface area (Å²) in [5, 5.41) is 11.3. The standard InChI is InChI=1S/C15H19NO4/c1-9(2)5-12-11-8-15(20-4)14(19-3)7-10(11)6-13(12)16(17)18/h5,7-8,12-13H,6H2,1-4H3/t12-,13+/m0/s1. The predicted molar refractivity (Wildman–Crippen MR) is 76.2 cm³/mol. The first-order valence-electron chi connectivity index (χ1n) is 6.51. The van der Waals surface area contributed by atoms with Gasteiger partial charge in [-0.05, 0) is 37.1 Å². The highest BCUT2D eigenvalue weighted by Gasteiger charge is 2.40. The first kappa shape index (κ1) is 14.4. The Hall–Kier alpha value is -2.04. The Labute approximate surface area is 118 Å². The fraction of sp³-hybridized carbons (Fsp3) is 0.467. The summed E-state index contributed by atoms with van der Waals surface area (Å²) < 4.78 is 10.6. The van der Waals surface area contributed by atoms with Crippen molar-refractivity contribution in [3.63, 3.8) is 0 Å². The van der Waals surface area contributed by atoms with Crippen LogP contribution < -0.4 is 9.47 Å². The summed E-state index contributed by atoms with van der Waals surface area (Å²) in [5.74, 6) is 1.03. The van der Waals surface area contributed by atoms with Gasteiger partial charge >= 0.3 is 0 Å². The number of allylic oxidation sites excluding steroid dienone is 1. The van der Waals surface area contributed by atoms with Crippen molar-refractivity contribution in [2.45, 2.75) is 32.2 Å². The molecule has 1 aliphatic rings. The smallest absolute Gasteiger partial charge is 0.227 e. The number of nitrogens with zero attached hydrogens (tertiary/aromatic N) is 1. The number of hydrogen-bond donors (Lipinski definition) is 0. The molecule has 1 aromatic carbocycles. The van der Waals surface area contributed by atoms with Crippen LogP contribution in [0.25, 0.3) is 0 Å². The average Bonchev–Trinajstić information content (AvgIpc) is 2.74. The molecule has 0 amide bonds. The van der Waals surface area contributed by atoms with E-state index in [1.807, 2.05) is 32.1 Å². The molecule has 1 aromatic rings. The van der Waals surface area contributed by atoms with Crippen LogP contribution in [0.3, 0.4) is 0 Å². The van der Waals surface area contributed by atoms with Gasteiger partial charge in [0.1, 0.15) is 0 Å². The molecule has 0 saturated heterocycles. The van der Waals surface area contributed by atoms with E-state index in [4.69, 9.17) is 9.47 Å². The van der Waals surface area contributed by atoms with Gasteiger partial charge in [0.2, 0.25) is 6.04 Å². The van der Waals surface area contributed by atoms with Gasteiger partial charge in [0, 0.05) is 11.3 Å². The lowest BCUT2D eigenvalue weighted by Crippen LogP contribution is -2.23. The van der Waals surface area contributed by atoms with E-state index in [0.717, 1.165) is 16.7 Å². The maximum absolute atomic E-state index is 11.3. The minimum Gasteiger partial charge on any atom is -0.493 e. The largest absolute Gasteiger partial charge is 0.493 e. The molecule has 0 heterocycles. The van der Waals surface area contributed by atoms with Gasteiger partial charge in [-0.3, -0.25) is 10.1 Å². The van der Waals surface area contributed by atoms with E-state index in [-0.39, 0.29) is 10.8 Å². The molecule has 2 atom stereocenters. The van der Waals surface area contributed by atoms with Crippen LogP contribution in [-0.4, -0.2) is 25.2 Å². The quantitative estimate of drug-likeness (QED) is 0.482. The van der Waals surface area contributed by atoms with Crippen LogP contribution in [0.5, 0.6) is 11.5 Å². The third-order valence-corrected chi connectivity index (χ3v) is 3.63. The Bertz CT molecular complexity index is 561. The first-order valence-corrected chi connectivity index (χ1v) is 6.51. The Morgan fingerprint density at radius 1 is 1.30 bits per heavy atom. The molecule has 0 fully saturated rings. The van der Waals surface area contributed by atoms with Crippen molar-refractivity contribution >= 4 is 0 Å². The highest BCUT2D eigenvalue weighted by atomic mass is 16.6. The highest BCUT2D eigenvalue weighted by Crippen LogP contribution is 2.42. The highest BCUT2D eigenvalue weighted by molar-refractivity contribution is 5.52. The van der Waals surface area contributed by atoms with Gasteiger partial charge in [-0.15, -0.1) is 0 Å². The lowest BCUT2D eigenvalue weighted by atomic mass is 9.96. The molecule has 0 unspecified atom stereocenters. The van der Waals surface area contributed by atoms with Crippen LogP contribution in [0.1, 0.15) is 30.9 Å². The van der Waals surface area contributed by atoms with Gasteiger partial charge in [0.05, 0.1) is 20.1 Å². The van der Waals surface area contributed by atoms with Crippen molar-refractivity contribution in [1.82, 2.24) is 0 Å². The van der Waals surface area contributed by atoms with E-state index < -0.39 is 6.04 Å². The van der Waals surface area contributed by atoms with Crippen molar-refractivity contribution in [2.24, 2.45) is 0 Å². The SMILES string of the molecule is COc1cc2c(cc1OC)[C@H](C=C(C)C)[C@H]([N+](=O)[O-])C2. The zero-order valence-corrected chi connectivity index (χ0v) is 12.2. The maximum Gasteiger partial charge on any atom is 0.227 e. The number of methoxy groups -OCH3 is 2. The van der Waals surface area contributed by atoms with Gasteiger partial charge in [0.15, 0.2) is 11.5 Å². The fourth-order valence-electron chi connectivity index (χ4n) is 2.75. The van der Waals surface area contributed by atoms with Crippen LogP contribution in [0.2, 0.25) is 0 Å². The van der Waals surface area contributed by atoms with Crippen molar-refractivity contribution < 1.29 is 14.4 Å². The van der Waals surface area contributed by atoms with Crippen molar-refractivity contribution in [3.05, 3.63) is 45.0 Å². The Morgan fingerprint density at radius 3 is 2.40 bits per heavy atom. The summed E-state index contributed by atoms with van der Waals surface area (Å²) in [6.45, 7) is 3.91. The molecule has 1 aliphatic carbocycles. The molecule has 0 saturated carbocycles. The summed E-state index contributed by atoms with van der Waals surface area (Å²) in [4.78, 5) is 11.1. The monoisotopic (exact) mass is 277 g/mol. The Balaban J connectivity index is 2.54. The predicted octanol–water partition coefficient (Wildman–Crippen LogP) is 2.96. The van der Waals surface area contributed by atoms with E-state index in [1.165, 1.54) is 0 Å². The number of benzene rings is 1. The molecule has 0 aromatic heterocycles. The molecule has 0 aliphatic heterocycles. The molecule has 0 bridgehead atoms. The molecular weight excluding hydrogens is 258 g/mol. The van der Waals surface area contributed by atoms with Crippen molar-refractivity contribution in [2.75, 3.05) is 14.2 Å². The van der Waals surface area contributed by atoms with E-state index in [1.54, 1.807) is 14.2 Å². The Morgan fingerprint density at radius 2 is 1.90 bits per heavy atom. The topological polar surface area (TPSA) is 61.6 Å². The lowest BCUT2D eigenvalue weighted by molar-refractivity contribution is -0.522. The number of hydrogen-bond acceptors (Lipinski definition) is 4. The van der Waals surface area contributed by atoms with Crippen LogP contribution >= 0.6 is 0 Å². The molecule has 5 heteroatoms. The zero-order valence-electron chi connectivity index (χ0n) is 12.2. The maximum atomic E-state index is 11.3. The number of ether oxygens (including phenoxy) is 2. The molecule has 0 radical (unpaired) electrons. The lowest BCUT2D eigenvalue weighted by Gasteiger charge is -2.13. The summed E-state index contributed by atoms with van der Waals surface area (Å²) >= 11 is 0.